The molecule has 0 aliphatic carbocycles. The van der Waals surface area contributed by atoms with E-state index in [1.807, 2.05) is 0 Å². The monoisotopic (exact) mass is 242 g/mol. The Kier molecular flexibility index (Phi) is 4.33. The molecule has 0 unspecified atom stereocenters. The van der Waals surface area contributed by atoms with E-state index in [0.717, 1.165) is 11.5 Å². The summed E-state index contributed by atoms with van der Waals surface area (Å²) in [5, 5.41) is 5.92. The highest BCUT2D eigenvalue weighted by Gasteiger charge is 2.18. The number of rotatable bonds is 6. The predicted octanol–water partition coefficient (Wildman–Crippen LogP) is -0.344. The summed E-state index contributed by atoms with van der Waals surface area (Å²) in [5.74, 6) is -1.09. The van der Waals surface area contributed by atoms with Crippen LogP contribution in [0.15, 0.2) is 5.16 Å². The maximum Gasteiger partial charge on any atom is 0.295 e. The zero-order chi connectivity index (χ0) is 12.0. The fraction of sp³-hybridized carbons (Fsp3) is 0.286. The molecule has 8 nitrogen and oxygen atoms in total. The van der Waals surface area contributed by atoms with Gasteiger partial charge in [-0.3, -0.25) is 15.3 Å². The summed E-state index contributed by atoms with van der Waals surface area (Å²) in [7, 11) is 0. The van der Waals surface area contributed by atoms with Gasteiger partial charge in [0.15, 0.2) is 0 Å². The molecule has 0 fully saturated rings. The summed E-state index contributed by atoms with van der Waals surface area (Å²) in [6.07, 6.45) is 0.437. The Morgan fingerprint density at radius 2 is 2.50 bits per heavy atom. The first kappa shape index (κ1) is 12.0. The van der Waals surface area contributed by atoms with Gasteiger partial charge in [0.1, 0.15) is 6.61 Å². The number of hydrogen-bond donors (Lipinski definition) is 1. The van der Waals surface area contributed by atoms with Crippen molar-refractivity contribution in [2.24, 2.45) is 5.16 Å². The smallest absolute Gasteiger partial charge is 0.295 e. The van der Waals surface area contributed by atoms with Crippen molar-refractivity contribution in [3.8, 4) is 0 Å². The van der Waals surface area contributed by atoms with E-state index in [4.69, 9.17) is 5.73 Å². The molecule has 0 saturated carbocycles. The number of nitrogens with one attached hydrogen (secondary N) is 2. The van der Waals surface area contributed by atoms with Crippen LogP contribution in [0.5, 0.6) is 0 Å². The number of carbonyl (C=O) groups excluding carboxylic acids is 2. The number of amides is 2. The molecule has 85 valence electrons. The fourth-order valence-electron chi connectivity index (χ4n) is 0.742. The summed E-state index contributed by atoms with van der Waals surface area (Å²) >= 11 is 0.878. The Labute approximate surface area is 94.7 Å². The minimum Gasteiger partial charge on any atom is -0.395 e. The quantitative estimate of drug-likeness (QED) is 0.416. The molecule has 0 aliphatic heterocycles. The van der Waals surface area contributed by atoms with Crippen molar-refractivity contribution in [3.63, 3.8) is 0 Å². The Balaban J connectivity index is 2.92. The number of nitrogens with zero attached hydrogens (tertiary/aromatic N) is 3. The lowest BCUT2D eigenvalue weighted by molar-refractivity contribution is -0.112. The molecule has 0 aromatic carbocycles. The molecular formula is C7H8N5O3S. The second-order valence-corrected chi connectivity index (χ2v) is 3.12. The fourth-order valence-corrected chi connectivity index (χ4v) is 1.27. The van der Waals surface area contributed by atoms with E-state index in [2.05, 4.69) is 24.7 Å². The van der Waals surface area contributed by atoms with Crippen molar-refractivity contribution in [3.05, 3.63) is 5.82 Å². The SMILES string of the molecule is CCON=C(C([NH])=O)c1nsc(NC=O)n1. The molecule has 0 saturated heterocycles. The number of oxime groups is 1. The highest BCUT2D eigenvalue weighted by molar-refractivity contribution is 7.10. The van der Waals surface area contributed by atoms with E-state index < -0.39 is 5.91 Å². The number of hydrogen-bond acceptors (Lipinski definition) is 7. The van der Waals surface area contributed by atoms with Crippen LogP contribution in [0.2, 0.25) is 0 Å². The van der Waals surface area contributed by atoms with Crippen LogP contribution in [-0.2, 0) is 14.4 Å². The second kappa shape index (κ2) is 5.75. The summed E-state index contributed by atoms with van der Waals surface area (Å²) < 4.78 is 3.77. The van der Waals surface area contributed by atoms with E-state index in [-0.39, 0.29) is 23.3 Å². The van der Waals surface area contributed by atoms with Crippen molar-refractivity contribution >= 4 is 34.7 Å². The van der Waals surface area contributed by atoms with Crippen LogP contribution in [-0.4, -0.2) is 34.0 Å². The standard InChI is InChI=1S/C7H8N5O3S/c1-2-15-11-4(5(8)14)6-10-7(9-3-13)16-12-6/h3,8H,2H2,1H3,(H,9,10,12,13). The lowest BCUT2D eigenvalue weighted by Gasteiger charge is -1.95. The molecule has 1 radical (unpaired) electrons. The molecule has 1 aromatic rings. The van der Waals surface area contributed by atoms with Gasteiger partial charge in [0.25, 0.3) is 5.91 Å². The van der Waals surface area contributed by atoms with Crippen LogP contribution in [0.4, 0.5) is 5.13 Å². The molecule has 16 heavy (non-hydrogen) atoms. The summed E-state index contributed by atoms with van der Waals surface area (Å²) in [6.45, 7) is 1.95. The third-order valence-corrected chi connectivity index (χ3v) is 1.97. The van der Waals surface area contributed by atoms with Gasteiger partial charge in [-0.05, 0) is 6.92 Å². The molecule has 0 aliphatic rings. The normalized spacial score (nSPS) is 10.9. The molecule has 0 bridgehead atoms. The predicted molar refractivity (Wildman–Crippen MR) is 55.9 cm³/mol. The van der Waals surface area contributed by atoms with E-state index in [9.17, 15) is 9.59 Å². The van der Waals surface area contributed by atoms with E-state index in [0.29, 0.717) is 6.41 Å². The van der Waals surface area contributed by atoms with Crippen molar-refractivity contribution in [2.75, 3.05) is 11.9 Å². The first-order valence-corrected chi connectivity index (χ1v) is 4.96. The summed E-state index contributed by atoms with van der Waals surface area (Å²) in [6, 6.07) is 0. The Hall–Kier alpha value is -2.03. The van der Waals surface area contributed by atoms with Crippen LogP contribution in [0.25, 0.3) is 0 Å². The van der Waals surface area contributed by atoms with Gasteiger partial charge in [-0.2, -0.15) is 9.36 Å². The maximum atomic E-state index is 10.9. The van der Waals surface area contributed by atoms with Gasteiger partial charge in [-0.1, -0.05) is 5.16 Å². The number of anilines is 1. The van der Waals surface area contributed by atoms with Gasteiger partial charge in [0.2, 0.25) is 23.1 Å². The number of aromatic nitrogens is 2. The largest absolute Gasteiger partial charge is 0.395 e. The molecule has 2 N–H and O–H groups in total. The van der Waals surface area contributed by atoms with E-state index in [1.165, 1.54) is 0 Å². The van der Waals surface area contributed by atoms with Gasteiger partial charge in [0.05, 0.1) is 0 Å². The van der Waals surface area contributed by atoms with Crippen LogP contribution in [0.1, 0.15) is 12.7 Å². The lowest BCUT2D eigenvalue weighted by Crippen LogP contribution is -2.18. The van der Waals surface area contributed by atoms with Gasteiger partial charge in [-0.15, -0.1) is 0 Å². The summed E-state index contributed by atoms with van der Waals surface area (Å²) in [5.41, 5.74) is 6.65. The Morgan fingerprint density at radius 3 is 3.06 bits per heavy atom. The van der Waals surface area contributed by atoms with Crippen LogP contribution >= 0.6 is 11.5 Å². The second-order valence-electron chi connectivity index (χ2n) is 2.37. The highest BCUT2D eigenvalue weighted by Crippen LogP contribution is 2.10. The van der Waals surface area contributed by atoms with Crippen molar-refractivity contribution in [1.29, 1.82) is 0 Å². The molecule has 0 atom stereocenters. The maximum absolute atomic E-state index is 10.9. The Morgan fingerprint density at radius 1 is 1.75 bits per heavy atom. The van der Waals surface area contributed by atoms with Gasteiger partial charge >= 0.3 is 0 Å². The van der Waals surface area contributed by atoms with Crippen LogP contribution < -0.4 is 11.1 Å². The Bertz CT molecular complexity index is 416. The van der Waals surface area contributed by atoms with Crippen LogP contribution in [0.3, 0.4) is 0 Å². The molecule has 1 aromatic heterocycles. The molecule has 2 amide bonds. The first-order valence-electron chi connectivity index (χ1n) is 4.19. The zero-order valence-electron chi connectivity index (χ0n) is 8.26. The topological polar surface area (TPSA) is 117 Å². The number of carbonyl (C=O) groups is 2. The van der Waals surface area contributed by atoms with Crippen LogP contribution in [0, 0.1) is 0 Å². The molecular weight excluding hydrogens is 234 g/mol. The highest BCUT2D eigenvalue weighted by atomic mass is 32.1. The van der Waals surface area contributed by atoms with Crippen molar-refractivity contribution in [1.82, 2.24) is 15.1 Å². The van der Waals surface area contributed by atoms with Crippen molar-refractivity contribution < 1.29 is 14.4 Å². The lowest BCUT2D eigenvalue weighted by atomic mass is 10.3. The molecule has 0 spiro atoms. The van der Waals surface area contributed by atoms with E-state index in [1.54, 1.807) is 6.92 Å². The third kappa shape index (κ3) is 2.98. The van der Waals surface area contributed by atoms with Gasteiger partial charge < -0.3 is 10.2 Å². The average Bonchev–Trinajstić information content (AvgIpc) is 2.67. The minimum absolute atomic E-state index is 0.0391. The van der Waals surface area contributed by atoms with Gasteiger partial charge in [0, 0.05) is 11.5 Å². The molecule has 9 heteroatoms. The zero-order valence-corrected chi connectivity index (χ0v) is 9.08. The summed E-state index contributed by atoms with van der Waals surface area (Å²) in [4.78, 5) is 29.5. The van der Waals surface area contributed by atoms with E-state index >= 15 is 0 Å². The molecule has 1 rings (SSSR count). The minimum atomic E-state index is -1.05. The first-order chi connectivity index (χ1) is 7.69. The van der Waals surface area contributed by atoms with Crippen molar-refractivity contribution in [2.45, 2.75) is 6.92 Å². The molecule has 1 heterocycles. The van der Waals surface area contributed by atoms with Gasteiger partial charge in [-0.25, -0.2) is 0 Å². The average molecular weight is 242 g/mol. The third-order valence-electron chi connectivity index (χ3n) is 1.32.